The minimum Gasteiger partial charge on any atom is -0.513 e. The van der Waals surface area contributed by atoms with E-state index in [9.17, 15) is 5.11 Å². The van der Waals surface area contributed by atoms with Crippen LogP contribution in [-0.2, 0) is 13.0 Å². The normalized spacial score (nSPS) is 14.1. The number of aryl methyl sites for hydroxylation is 1. The van der Waals surface area contributed by atoms with Crippen molar-refractivity contribution in [2.75, 3.05) is 17.2 Å². The Bertz CT molecular complexity index is 1450. The zero-order valence-corrected chi connectivity index (χ0v) is 24.5. The van der Waals surface area contributed by atoms with Gasteiger partial charge in [0.25, 0.3) is 0 Å². The van der Waals surface area contributed by atoms with Gasteiger partial charge in [-0.05, 0) is 85.9 Å². The Kier molecular flexibility index (Phi) is 8.23. The predicted molar refractivity (Wildman–Crippen MR) is 168 cm³/mol. The van der Waals surface area contributed by atoms with E-state index < -0.39 is 0 Å². The third-order valence-electron chi connectivity index (χ3n) is 7.96. The van der Waals surface area contributed by atoms with Gasteiger partial charge in [0.15, 0.2) is 0 Å². The first-order valence-electron chi connectivity index (χ1n) is 13.9. The van der Waals surface area contributed by atoms with Crippen molar-refractivity contribution in [3.8, 4) is 28.0 Å². The van der Waals surface area contributed by atoms with Crippen LogP contribution in [0.1, 0.15) is 53.5 Å². The van der Waals surface area contributed by atoms with E-state index in [1.165, 1.54) is 50.2 Å². The van der Waals surface area contributed by atoms with Gasteiger partial charge in [-0.2, -0.15) is 0 Å². The number of hydrogen-bond acceptors (Lipinski definition) is 4. The van der Waals surface area contributed by atoms with E-state index >= 15 is 0 Å². The first-order valence-corrected chi connectivity index (χ1v) is 15.1. The van der Waals surface area contributed by atoms with E-state index in [0.717, 1.165) is 49.1 Å². The van der Waals surface area contributed by atoms with Crippen molar-refractivity contribution in [1.29, 1.82) is 0 Å². The number of anilines is 1. The van der Waals surface area contributed by atoms with E-state index in [4.69, 9.17) is 4.74 Å². The van der Waals surface area contributed by atoms with Crippen molar-refractivity contribution in [2.24, 2.45) is 0 Å². The summed E-state index contributed by atoms with van der Waals surface area (Å²) in [5.74, 6) is 1.15. The second kappa shape index (κ2) is 11.8. The molecule has 2 aliphatic rings. The van der Waals surface area contributed by atoms with Crippen LogP contribution in [0.15, 0.2) is 78.6 Å². The van der Waals surface area contributed by atoms with Crippen LogP contribution >= 0.6 is 11.9 Å². The zero-order valence-electron chi connectivity index (χ0n) is 23.6. The molecular weight excluding hydrogens is 498 g/mol. The van der Waals surface area contributed by atoms with E-state index in [-0.39, 0.29) is 5.76 Å². The van der Waals surface area contributed by atoms with Gasteiger partial charge < -0.3 is 14.1 Å². The van der Waals surface area contributed by atoms with Crippen molar-refractivity contribution in [3.63, 3.8) is 0 Å². The Labute approximate surface area is 238 Å². The fourth-order valence-electron chi connectivity index (χ4n) is 6.04. The molecule has 0 aromatic heterocycles. The maximum Gasteiger partial charge on any atom is 0.127 e. The lowest BCUT2D eigenvalue weighted by Crippen LogP contribution is -2.22. The number of fused-ring (bicyclic) bond motifs is 3. The van der Waals surface area contributed by atoms with Gasteiger partial charge in [-0.15, -0.1) is 0 Å². The molecule has 3 aromatic rings. The molecule has 39 heavy (non-hydrogen) atoms. The topological polar surface area (TPSA) is 32.7 Å². The Hall–Kier alpha value is -3.37. The number of aliphatic hydroxyl groups is 1. The molecule has 1 heterocycles. The molecule has 0 saturated carbocycles. The highest BCUT2D eigenvalue weighted by Crippen LogP contribution is 2.52. The highest BCUT2D eigenvalue weighted by molar-refractivity contribution is 7.99. The summed E-state index contributed by atoms with van der Waals surface area (Å²) in [7, 11) is 0. The number of aliphatic hydroxyl groups excluding tert-OH is 1. The van der Waals surface area contributed by atoms with Gasteiger partial charge >= 0.3 is 0 Å². The SMILES string of the molecule is C=C(O)Cc1c(C)c2c(c(C)c1-c1ccc(C)cc1)-c1c(cccc1OCCCC1=CC=CCC1)CN2SC. The Balaban J connectivity index is 1.62. The Morgan fingerprint density at radius 1 is 1.03 bits per heavy atom. The lowest BCUT2D eigenvalue weighted by molar-refractivity contribution is 0.311. The molecule has 3 aromatic carbocycles. The first-order chi connectivity index (χ1) is 18.9. The molecule has 5 rings (SSSR count). The summed E-state index contributed by atoms with van der Waals surface area (Å²) in [6.45, 7) is 11.9. The van der Waals surface area contributed by atoms with Crippen LogP contribution in [0.4, 0.5) is 5.69 Å². The van der Waals surface area contributed by atoms with Crippen molar-refractivity contribution in [2.45, 2.75) is 59.4 Å². The third-order valence-corrected chi connectivity index (χ3v) is 8.72. The van der Waals surface area contributed by atoms with Gasteiger partial charge in [0.2, 0.25) is 0 Å². The number of ether oxygens (including phenoxy) is 1. The molecule has 0 amide bonds. The maximum absolute atomic E-state index is 10.3. The largest absolute Gasteiger partial charge is 0.513 e. The summed E-state index contributed by atoms with van der Waals surface area (Å²) in [6, 6.07) is 15.2. The van der Waals surface area contributed by atoms with Gasteiger partial charge in [0, 0.05) is 23.8 Å². The predicted octanol–water partition coefficient (Wildman–Crippen LogP) is 9.59. The average Bonchev–Trinajstić information content (AvgIpc) is 2.94. The van der Waals surface area contributed by atoms with Crippen molar-refractivity contribution in [3.05, 3.63) is 106 Å². The van der Waals surface area contributed by atoms with Gasteiger partial charge in [-0.1, -0.05) is 84.3 Å². The van der Waals surface area contributed by atoms with Gasteiger partial charge in [-0.3, -0.25) is 0 Å². The lowest BCUT2D eigenvalue weighted by atomic mass is 9.80. The van der Waals surface area contributed by atoms with E-state index in [1.54, 1.807) is 11.9 Å². The van der Waals surface area contributed by atoms with Gasteiger partial charge in [-0.25, -0.2) is 0 Å². The molecule has 3 nitrogen and oxygen atoms in total. The Morgan fingerprint density at radius 2 is 1.82 bits per heavy atom. The summed E-state index contributed by atoms with van der Waals surface area (Å²) in [4.78, 5) is 0. The maximum atomic E-state index is 10.3. The summed E-state index contributed by atoms with van der Waals surface area (Å²) >= 11 is 1.75. The molecule has 0 unspecified atom stereocenters. The minimum absolute atomic E-state index is 0.185. The van der Waals surface area contributed by atoms with Crippen LogP contribution in [0.5, 0.6) is 5.75 Å². The third kappa shape index (κ3) is 5.53. The smallest absolute Gasteiger partial charge is 0.127 e. The summed E-state index contributed by atoms with van der Waals surface area (Å²) in [5, 5.41) is 10.3. The van der Waals surface area contributed by atoms with Crippen LogP contribution in [0, 0.1) is 20.8 Å². The van der Waals surface area contributed by atoms with Crippen molar-refractivity contribution < 1.29 is 9.84 Å². The summed E-state index contributed by atoms with van der Waals surface area (Å²) in [5.41, 5.74) is 13.6. The van der Waals surface area contributed by atoms with Gasteiger partial charge in [0.1, 0.15) is 5.75 Å². The second-order valence-electron chi connectivity index (χ2n) is 10.7. The molecule has 0 bridgehead atoms. The molecular formula is C35H39NO2S. The summed E-state index contributed by atoms with van der Waals surface area (Å²) in [6.07, 6.45) is 13.7. The zero-order chi connectivity index (χ0) is 27.5. The molecule has 0 saturated heterocycles. The van der Waals surface area contributed by atoms with Crippen molar-refractivity contribution in [1.82, 2.24) is 0 Å². The van der Waals surface area contributed by atoms with Crippen LogP contribution in [0.3, 0.4) is 0 Å². The monoisotopic (exact) mass is 537 g/mol. The average molecular weight is 538 g/mol. The Morgan fingerprint density at radius 3 is 2.51 bits per heavy atom. The van der Waals surface area contributed by atoms with Crippen LogP contribution < -0.4 is 9.04 Å². The molecule has 4 heteroatoms. The number of benzene rings is 3. The number of hydrogen-bond donors (Lipinski definition) is 1. The highest BCUT2D eigenvalue weighted by atomic mass is 32.2. The molecule has 0 atom stereocenters. The van der Waals surface area contributed by atoms with E-state index in [0.29, 0.717) is 13.0 Å². The van der Waals surface area contributed by atoms with Gasteiger partial charge in [0.05, 0.1) is 24.6 Å². The fourth-order valence-corrected chi connectivity index (χ4v) is 6.72. The quantitative estimate of drug-likeness (QED) is 0.167. The standard InChI is InChI=1S/C35H39NO2S/c1-23-16-18-28(19-17-23)32-26(4)33-34-29(22-36(39-5)35(33)25(3)30(32)21-24(2)37)14-9-15-31(34)38-20-10-13-27-11-7-6-8-12-27/h6-7,9,11,14-19,37H,2,8,10,12-13,20-22H2,1,3-5H3. The second-order valence-corrected chi connectivity index (χ2v) is 11.5. The number of rotatable bonds is 9. The molecule has 0 radical (unpaired) electrons. The molecule has 202 valence electrons. The van der Waals surface area contributed by atoms with Crippen LogP contribution in [0.25, 0.3) is 22.3 Å². The van der Waals surface area contributed by atoms with Crippen LogP contribution in [0.2, 0.25) is 0 Å². The molecule has 1 N–H and O–H groups in total. The fraction of sp³-hybridized carbons (Fsp3) is 0.314. The molecule has 0 fully saturated rings. The van der Waals surface area contributed by atoms with E-state index in [1.807, 2.05) is 0 Å². The minimum atomic E-state index is 0.185. The molecule has 0 spiro atoms. The first kappa shape index (κ1) is 27.2. The molecule has 1 aliphatic heterocycles. The molecule has 1 aliphatic carbocycles. The van der Waals surface area contributed by atoms with E-state index in [2.05, 4.69) is 98.6 Å². The van der Waals surface area contributed by atoms with Crippen molar-refractivity contribution >= 4 is 17.6 Å². The number of nitrogens with zero attached hydrogens (tertiary/aromatic N) is 1. The van der Waals surface area contributed by atoms with Crippen LogP contribution in [-0.4, -0.2) is 18.0 Å². The number of allylic oxidation sites excluding steroid dienone is 5. The summed E-state index contributed by atoms with van der Waals surface area (Å²) < 4.78 is 8.93. The lowest BCUT2D eigenvalue weighted by Gasteiger charge is -2.36. The highest BCUT2D eigenvalue weighted by Gasteiger charge is 2.31.